The number of rotatable bonds is 4. The Balaban J connectivity index is 1.52. The molecule has 9 nitrogen and oxygen atoms in total. The predicted molar refractivity (Wildman–Crippen MR) is 126 cm³/mol. The van der Waals surface area contributed by atoms with Crippen LogP contribution in [0.25, 0.3) is 0 Å². The summed E-state index contributed by atoms with van der Waals surface area (Å²) in [6.07, 6.45) is 0.137. The highest BCUT2D eigenvalue weighted by molar-refractivity contribution is 6.38. The van der Waals surface area contributed by atoms with E-state index < -0.39 is 17.8 Å². The molecule has 11 heteroatoms. The van der Waals surface area contributed by atoms with Crippen molar-refractivity contribution < 1.29 is 24.2 Å². The Labute approximate surface area is 205 Å². The van der Waals surface area contributed by atoms with Crippen LogP contribution in [0.15, 0.2) is 16.9 Å². The van der Waals surface area contributed by atoms with Crippen molar-refractivity contribution in [3.63, 3.8) is 0 Å². The maximum absolute atomic E-state index is 12.9. The van der Waals surface area contributed by atoms with Crippen LogP contribution in [-0.4, -0.2) is 45.9 Å². The van der Waals surface area contributed by atoms with E-state index in [2.05, 4.69) is 10.3 Å². The minimum absolute atomic E-state index is 0.0164. The van der Waals surface area contributed by atoms with E-state index in [4.69, 9.17) is 32.7 Å². The van der Waals surface area contributed by atoms with E-state index in [0.29, 0.717) is 31.5 Å². The van der Waals surface area contributed by atoms with Gasteiger partial charge < -0.3 is 29.8 Å². The Morgan fingerprint density at radius 2 is 1.85 bits per heavy atom. The molecule has 2 aliphatic rings. The lowest BCUT2D eigenvalue weighted by atomic mass is 9.89. The van der Waals surface area contributed by atoms with Crippen LogP contribution in [0, 0.1) is 19.8 Å². The number of carbonyl (C=O) groups excluding carboxylic acids is 1. The van der Waals surface area contributed by atoms with E-state index >= 15 is 0 Å². The zero-order valence-corrected chi connectivity index (χ0v) is 20.5. The number of carboxylic acid groups (broad SMARTS) is 1. The zero-order valence-electron chi connectivity index (χ0n) is 19.0. The van der Waals surface area contributed by atoms with Gasteiger partial charge in [0.05, 0.1) is 15.6 Å². The van der Waals surface area contributed by atoms with E-state index in [1.807, 2.05) is 6.07 Å². The molecule has 4 rings (SSSR count). The van der Waals surface area contributed by atoms with E-state index in [1.165, 1.54) is 11.0 Å². The van der Waals surface area contributed by atoms with Gasteiger partial charge in [0.2, 0.25) is 0 Å². The van der Waals surface area contributed by atoms with Gasteiger partial charge >= 0.3 is 6.09 Å². The summed E-state index contributed by atoms with van der Waals surface area (Å²) >= 11 is 13.0. The topological polar surface area (TPSA) is 121 Å². The predicted octanol–water partition coefficient (Wildman–Crippen LogP) is 4.11. The molecular weight excluding hydrogens is 485 g/mol. The molecule has 1 aromatic carbocycles. The molecule has 2 amide bonds. The third-order valence-electron chi connectivity index (χ3n) is 6.41. The van der Waals surface area contributed by atoms with Crippen molar-refractivity contribution in [2.45, 2.75) is 45.9 Å². The number of aromatic nitrogens is 1. The van der Waals surface area contributed by atoms with Gasteiger partial charge in [-0.25, -0.2) is 4.79 Å². The fourth-order valence-corrected chi connectivity index (χ4v) is 4.99. The number of H-pyrrole nitrogens is 1. The summed E-state index contributed by atoms with van der Waals surface area (Å²) in [7, 11) is 0. The molecule has 34 heavy (non-hydrogen) atoms. The Bertz CT molecular complexity index is 1220. The minimum atomic E-state index is -1.10. The number of nitrogens with zero attached hydrogens (tertiary/aromatic N) is 1. The first kappa shape index (κ1) is 24.2. The van der Waals surface area contributed by atoms with Crippen LogP contribution in [0.3, 0.4) is 0 Å². The Morgan fingerprint density at radius 1 is 1.21 bits per heavy atom. The lowest BCUT2D eigenvalue weighted by Crippen LogP contribution is -2.49. The van der Waals surface area contributed by atoms with Gasteiger partial charge in [0.25, 0.3) is 17.3 Å². The van der Waals surface area contributed by atoms with Crippen molar-refractivity contribution in [2.75, 3.05) is 13.1 Å². The van der Waals surface area contributed by atoms with Crippen LogP contribution in [0.1, 0.15) is 46.9 Å². The maximum Gasteiger partial charge on any atom is 0.407 e. The summed E-state index contributed by atoms with van der Waals surface area (Å²) in [5, 5.41) is 12.1. The smallest absolute Gasteiger partial charge is 0.407 e. The lowest BCUT2D eigenvalue weighted by molar-refractivity contribution is -0.123. The highest BCUT2D eigenvalue weighted by atomic mass is 35.5. The van der Waals surface area contributed by atoms with E-state index in [1.54, 1.807) is 20.8 Å². The second-order valence-corrected chi connectivity index (χ2v) is 9.55. The number of nitrogens with one attached hydrogen (secondary N) is 2. The summed E-state index contributed by atoms with van der Waals surface area (Å²) in [5.74, 6) is -1.29. The average Bonchev–Trinajstić information content (AvgIpc) is 3.15. The summed E-state index contributed by atoms with van der Waals surface area (Å²) in [6, 6.07) is 3.24. The molecule has 0 bridgehead atoms. The molecule has 0 saturated carbocycles. The van der Waals surface area contributed by atoms with Crippen LogP contribution in [-0.2, 0) is 6.54 Å². The molecule has 2 aliphatic heterocycles. The highest BCUT2D eigenvalue weighted by Gasteiger charge is 2.48. The zero-order chi connectivity index (χ0) is 24.8. The molecule has 0 spiro atoms. The number of fused-ring (bicyclic) bond motifs is 1. The van der Waals surface area contributed by atoms with Crippen molar-refractivity contribution in [1.82, 2.24) is 15.2 Å². The number of hydrogen-bond acceptors (Lipinski definition) is 5. The van der Waals surface area contributed by atoms with Crippen LogP contribution in [0.4, 0.5) is 4.79 Å². The minimum Gasteiger partial charge on any atom is -0.465 e. The molecule has 3 N–H and O–H groups in total. The SMILES string of the molecule is Cc1cc(C)c(CNC(=O)c2cc(Cl)c3c(c2Cl)OC(C)(C2CCN(C(=O)O)CC2)O3)c(=O)[nH]1. The third kappa shape index (κ3) is 4.42. The van der Waals surface area contributed by atoms with Gasteiger partial charge in [-0.2, -0.15) is 0 Å². The molecule has 182 valence electrons. The molecule has 0 radical (unpaired) electrons. The number of carbonyl (C=O) groups is 2. The van der Waals surface area contributed by atoms with Gasteiger partial charge in [-0.15, -0.1) is 0 Å². The number of aromatic amines is 1. The van der Waals surface area contributed by atoms with Gasteiger partial charge in [0, 0.05) is 43.7 Å². The first-order valence-electron chi connectivity index (χ1n) is 10.9. The van der Waals surface area contributed by atoms with E-state index in [9.17, 15) is 19.5 Å². The first-order valence-corrected chi connectivity index (χ1v) is 11.6. The molecule has 1 aromatic heterocycles. The monoisotopic (exact) mass is 509 g/mol. The van der Waals surface area contributed by atoms with Crippen molar-refractivity contribution in [2.24, 2.45) is 5.92 Å². The van der Waals surface area contributed by atoms with Gasteiger partial charge in [0.1, 0.15) is 0 Å². The number of benzene rings is 1. The first-order chi connectivity index (χ1) is 16.0. The number of halogens is 2. The maximum atomic E-state index is 12.9. The number of aryl methyl sites for hydroxylation is 2. The Morgan fingerprint density at radius 3 is 2.47 bits per heavy atom. The van der Waals surface area contributed by atoms with Crippen LogP contribution in [0.2, 0.25) is 10.0 Å². The van der Waals surface area contributed by atoms with Gasteiger partial charge in [-0.05, 0) is 44.4 Å². The van der Waals surface area contributed by atoms with Crippen molar-refractivity contribution >= 4 is 35.2 Å². The second-order valence-electron chi connectivity index (χ2n) is 8.77. The number of ether oxygens (including phenoxy) is 2. The van der Waals surface area contributed by atoms with Crippen LogP contribution in [0.5, 0.6) is 11.5 Å². The van der Waals surface area contributed by atoms with Crippen molar-refractivity contribution in [1.29, 1.82) is 0 Å². The van der Waals surface area contributed by atoms with Gasteiger partial charge in [0.15, 0.2) is 11.5 Å². The molecule has 2 aromatic rings. The van der Waals surface area contributed by atoms with E-state index in [-0.39, 0.29) is 45.1 Å². The number of pyridine rings is 1. The highest BCUT2D eigenvalue weighted by Crippen LogP contribution is 2.52. The molecule has 1 atom stereocenters. The van der Waals surface area contributed by atoms with Crippen LogP contribution < -0.4 is 20.3 Å². The summed E-state index contributed by atoms with van der Waals surface area (Å²) in [4.78, 5) is 40.4. The van der Waals surface area contributed by atoms with Gasteiger partial charge in [-0.3, -0.25) is 9.59 Å². The molecular formula is C23H25Cl2N3O6. The molecule has 1 unspecified atom stereocenters. The molecule has 0 aliphatic carbocycles. The fourth-order valence-electron chi connectivity index (χ4n) is 4.49. The number of amides is 2. The average molecular weight is 510 g/mol. The fraction of sp³-hybridized carbons (Fsp3) is 0.435. The largest absolute Gasteiger partial charge is 0.465 e. The van der Waals surface area contributed by atoms with Crippen molar-refractivity contribution in [3.8, 4) is 11.5 Å². The normalized spacial score (nSPS) is 19.9. The molecule has 3 heterocycles. The summed E-state index contributed by atoms with van der Waals surface area (Å²) < 4.78 is 12.2. The van der Waals surface area contributed by atoms with E-state index in [0.717, 1.165) is 11.3 Å². The van der Waals surface area contributed by atoms with Crippen LogP contribution >= 0.6 is 23.2 Å². The number of likely N-dealkylation sites (tertiary alicyclic amines) is 1. The summed E-state index contributed by atoms with van der Waals surface area (Å²) in [5.41, 5.74) is 1.78. The standard InChI is InChI=1S/C23H25Cl2N3O6/c1-11-8-12(2)27-21(30)15(11)10-26-20(29)14-9-16(24)18-19(17(14)25)34-23(3,33-18)13-4-6-28(7-5-13)22(31)32/h8-9,13H,4-7,10H2,1-3H3,(H,26,29)(H,27,30)(H,31,32). The lowest BCUT2D eigenvalue weighted by Gasteiger charge is -2.37. The summed E-state index contributed by atoms with van der Waals surface area (Å²) in [6.45, 7) is 6.09. The molecule has 1 saturated heterocycles. The third-order valence-corrected chi connectivity index (χ3v) is 7.07. The quantitative estimate of drug-likeness (QED) is 0.570. The Hall–Kier alpha value is -2.91. The Kier molecular flexibility index (Phi) is 6.44. The van der Waals surface area contributed by atoms with Crippen molar-refractivity contribution in [3.05, 3.63) is 54.9 Å². The number of piperidine rings is 1. The second kappa shape index (κ2) is 9.03. The van der Waals surface area contributed by atoms with Gasteiger partial charge in [-0.1, -0.05) is 23.2 Å². The number of hydrogen-bond donors (Lipinski definition) is 3. The molecule has 1 fully saturated rings.